The molecular weight excluding hydrogens is 514 g/mol. The van der Waals surface area contributed by atoms with E-state index in [0.29, 0.717) is 13.2 Å². The predicted molar refractivity (Wildman–Crippen MR) is 154 cm³/mol. The number of aliphatic hydroxyl groups is 1. The van der Waals surface area contributed by atoms with Gasteiger partial charge in [-0.3, -0.25) is 14.4 Å². The van der Waals surface area contributed by atoms with Crippen molar-refractivity contribution in [3.63, 3.8) is 0 Å². The lowest BCUT2D eigenvalue weighted by Crippen LogP contribution is -2.56. The lowest BCUT2D eigenvalue weighted by Gasteiger charge is -2.38. The molecule has 0 aromatic heterocycles. The molecule has 0 aliphatic carbocycles. The second-order valence-electron chi connectivity index (χ2n) is 11.0. The van der Waals surface area contributed by atoms with Gasteiger partial charge in [0.15, 0.2) is 0 Å². The van der Waals surface area contributed by atoms with E-state index >= 15 is 0 Å². The summed E-state index contributed by atoms with van der Waals surface area (Å²) in [4.78, 5) is 47.7. The lowest BCUT2D eigenvalue weighted by atomic mass is 9.74. The van der Waals surface area contributed by atoms with Gasteiger partial charge in [0.2, 0.25) is 5.91 Å². The minimum Gasteiger partial charge on any atom is -0.465 e. The number of fused-ring (bicyclic) bond motifs is 2. The van der Waals surface area contributed by atoms with Crippen molar-refractivity contribution in [1.29, 1.82) is 0 Å². The van der Waals surface area contributed by atoms with Crippen LogP contribution in [0, 0.1) is 11.8 Å². The number of allylic oxidation sites excluding steroid dienone is 1. The highest BCUT2D eigenvalue weighted by molar-refractivity contribution is 8.02. The molecule has 210 valence electrons. The average Bonchev–Trinajstić information content (AvgIpc) is 3.29. The minimum absolute atomic E-state index is 0.202. The maximum atomic E-state index is 14.5. The Morgan fingerprint density at radius 3 is 2.46 bits per heavy atom. The van der Waals surface area contributed by atoms with Crippen LogP contribution >= 0.6 is 11.8 Å². The summed E-state index contributed by atoms with van der Waals surface area (Å²) in [5.41, 5.74) is 1.84. The first-order valence-electron chi connectivity index (χ1n) is 14.0. The second kappa shape index (κ2) is 10.7. The number of benzene rings is 1. The third kappa shape index (κ3) is 4.38. The van der Waals surface area contributed by atoms with E-state index < -0.39 is 39.4 Å². The van der Waals surface area contributed by atoms with Crippen molar-refractivity contribution < 1.29 is 24.2 Å². The Kier molecular flexibility index (Phi) is 7.59. The first-order chi connectivity index (χ1) is 18.7. The number of hydrogen-bond donors (Lipinski definition) is 1. The molecule has 2 saturated heterocycles. The Morgan fingerprint density at radius 1 is 1.08 bits per heavy atom. The van der Waals surface area contributed by atoms with Crippen LogP contribution in [0.2, 0.25) is 0 Å². The summed E-state index contributed by atoms with van der Waals surface area (Å²) in [5.74, 6) is -2.37. The van der Waals surface area contributed by atoms with Crippen LogP contribution in [0.25, 0.3) is 0 Å². The van der Waals surface area contributed by atoms with E-state index in [1.807, 2.05) is 49.4 Å². The van der Waals surface area contributed by atoms with Gasteiger partial charge in [-0.1, -0.05) is 24.3 Å². The van der Waals surface area contributed by atoms with Crippen molar-refractivity contribution in [3.05, 3.63) is 48.6 Å². The number of carbonyl (C=O) groups excluding carboxylic acids is 3. The number of aliphatic hydroxyl groups excluding tert-OH is 1. The van der Waals surface area contributed by atoms with Crippen LogP contribution < -0.4 is 9.80 Å². The molecule has 1 aromatic rings. The van der Waals surface area contributed by atoms with Crippen molar-refractivity contribution >= 4 is 40.9 Å². The summed E-state index contributed by atoms with van der Waals surface area (Å²) in [6.07, 6.45) is 9.57. The summed E-state index contributed by atoms with van der Waals surface area (Å²) in [5, 5.41) is 10.1. The van der Waals surface area contributed by atoms with Crippen LogP contribution in [0.4, 0.5) is 11.4 Å². The fraction of sp³-hybridized carbons (Fsp3) is 0.567. The number of nitrogens with zero attached hydrogens (tertiary/aromatic N) is 3. The number of likely N-dealkylation sites (tertiary alicyclic amines) is 1. The molecule has 2 fully saturated rings. The van der Waals surface area contributed by atoms with Gasteiger partial charge in [-0.2, -0.15) is 0 Å². The van der Waals surface area contributed by atoms with Gasteiger partial charge in [-0.25, -0.2) is 0 Å². The fourth-order valence-electron chi connectivity index (χ4n) is 6.80. The van der Waals surface area contributed by atoms with E-state index in [0.717, 1.165) is 37.3 Å². The molecule has 39 heavy (non-hydrogen) atoms. The van der Waals surface area contributed by atoms with Gasteiger partial charge >= 0.3 is 5.97 Å². The monoisotopic (exact) mass is 553 g/mol. The average molecular weight is 554 g/mol. The molecule has 0 bridgehead atoms. The smallest absolute Gasteiger partial charge is 0.311 e. The van der Waals surface area contributed by atoms with Crippen LogP contribution in [0.1, 0.15) is 40.5 Å². The van der Waals surface area contributed by atoms with E-state index in [4.69, 9.17) is 4.74 Å². The summed E-state index contributed by atoms with van der Waals surface area (Å²) < 4.78 is 3.99. The molecule has 6 atom stereocenters. The normalized spacial score (nSPS) is 33.8. The number of ether oxygens (including phenoxy) is 1. The van der Waals surface area contributed by atoms with Gasteiger partial charge in [0.1, 0.15) is 6.04 Å². The highest BCUT2D eigenvalue weighted by atomic mass is 32.2. The number of amides is 2. The Labute approximate surface area is 235 Å². The maximum Gasteiger partial charge on any atom is 0.311 e. The number of carbonyl (C=O) groups is 3. The first-order valence-corrected chi connectivity index (χ1v) is 14.9. The SMILES string of the molecule is CCN(CC)c1ccc(N2CC=C[C@]34S[C@]5(C)/C=C\CCCOC(=O)[C@@H]5[C@H]3C(=O)N([C@H](C)CO)C4C2=O)cc1. The second-order valence-corrected chi connectivity index (χ2v) is 12.8. The van der Waals surface area contributed by atoms with Crippen molar-refractivity contribution in [2.75, 3.05) is 42.6 Å². The van der Waals surface area contributed by atoms with Crippen molar-refractivity contribution in [2.45, 2.75) is 62.1 Å². The molecule has 1 aromatic carbocycles. The molecule has 1 spiro atoms. The third-order valence-electron chi connectivity index (χ3n) is 8.72. The largest absolute Gasteiger partial charge is 0.465 e. The van der Waals surface area contributed by atoms with E-state index in [-0.39, 0.29) is 18.4 Å². The minimum atomic E-state index is -0.963. The molecule has 8 nitrogen and oxygen atoms in total. The van der Waals surface area contributed by atoms with Crippen LogP contribution in [0.15, 0.2) is 48.6 Å². The van der Waals surface area contributed by atoms with Crippen LogP contribution in [0.5, 0.6) is 0 Å². The molecule has 1 unspecified atom stereocenters. The molecule has 0 saturated carbocycles. The number of esters is 1. The fourth-order valence-corrected chi connectivity index (χ4v) is 8.94. The van der Waals surface area contributed by atoms with Gasteiger partial charge in [0.05, 0.1) is 35.8 Å². The molecule has 4 aliphatic heterocycles. The van der Waals surface area contributed by atoms with E-state index in [1.54, 1.807) is 11.8 Å². The van der Waals surface area contributed by atoms with Crippen LogP contribution in [-0.2, 0) is 19.1 Å². The molecule has 4 heterocycles. The molecule has 5 rings (SSSR count). The Hall–Kier alpha value is -2.78. The Morgan fingerprint density at radius 2 is 1.79 bits per heavy atom. The zero-order valence-electron chi connectivity index (χ0n) is 23.2. The van der Waals surface area contributed by atoms with Crippen molar-refractivity contribution in [3.8, 4) is 0 Å². The zero-order chi connectivity index (χ0) is 27.9. The molecule has 1 N–H and O–H groups in total. The summed E-state index contributed by atoms with van der Waals surface area (Å²) in [6.45, 7) is 10.1. The molecule has 4 aliphatic rings. The number of thioether (sulfide) groups is 1. The quantitative estimate of drug-likeness (QED) is 0.427. The molecule has 2 amide bonds. The van der Waals surface area contributed by atoms with Crippen molar-refractivity contribution in [1.82, 2.24) is 4.90 Å². The third-order valence-corrected chi connectivity index (χ3v) is 10.5. The number of rotatable bonds is 6. The van der Waals surface area contributed by atoms with Gasteiger partial charge in [-0.05, 0) is 64.8 Å². The van der Waals surface area contributed by atoms with Gasteiger partial charge < -0.3 is 24.5 Å². The summed E-state index contributed by atoms with van der Waals surface area (Å²) >= 11 is 1.52. The summed E-state index contributed by atoms with van der Waals surface area (Å²) in [6, 6.07) is 6.50. The standard InChI is InChI=1S/C30H39N3O5S/c1-5-31(6-2)21-11-13-22(14-12-21)32-17-10-16-30-23(26(35)33(20(3)19-34)25(30)27(32)36)24-28(37)38-18-9-7-8-15-29(24,4)39-30/h8,10-16,20,23-25,34H,5-7,9,17-19H2,1-4H3/b15-8-/t20-,23+,24+,25?,29-,30+/m1/s1. The highest BCUT2D eigenvalue weighted by Crippen LogP contribution is 2.65. The van der Waals surface area contributed by atoms with Crippen LogP contribution in [-0.4, -0.2) is 82.2 Å². The van der Waals surface area contributed by atoms with Crippen LogP contribution in [0.3, 0.4) is 0 Å². The molecule has 0 radical (unpaired) electrons. The Bertz CT molecular complexity index is 1180. The molecule has 9 heteroatoms. The molecular formula is C30H39N3O5S. The number of hydrogen-bond acceptors (Lipinski definition) is 7. The van der Waals surface area contributed by atoms with Crippen molar-refractivity contribution in [2.24, 2.45) is 11.8 Å². The maximum absolute atomic E-state index is 14.5. The topological polar surface area (TPSA) is 90.4 Å². The summed E-state index contributed by atoms with van der Waals surface area (Å²) in [7, 11) is 0. The predicted octanol–water partition coefficient (Wildman–Crippen LogP) is 3.40. The lowest BCUT2D eigenvalue weighted by molar-refractivity contribution is -0.154. The van der Waals surface area contributed by atoms with E-state index in [2.05, 4.69) is 24.8 Å². The van der Waals surface area contributed by atoms with E-state index in [9.17, 15) is 19.5 Å². The first kappa shape index (κ1) is 27.8. The number of anilines is 2. The van der Waals surface area contributed by atoms with Gasteiger partial charge in [-0.15, -0.1) is 11.8 Å². The zero-order valence-corrected chi connectivity index (χ0v) is 24.0. The Balaban J connectivity index is 1.59. The van der Waals surface area contributed by atoms with E-state index in [1.165, 1.54) is 16.7 Å². The van der Waals surface area contributed by atoms with Gasteiger partial charge in [0.25, 0.3) is 5.91 Å². The highest BCUT2D eigenvalue weighted by Gasteiger charge is 2.74. The number of cyclic esters (lactones) is 1. The van der Waals surface area contributed by atoms with Gasteiger partial charge in [0, 0.05) is 35.8 Å².